The highest BCUT2D eigenvalue weighted by Crippen LogP contribution is 2.25. The third kappa shape index (κ3) is 3.39. The van der Waals surface area contributed by atoms with Gasteiger partial charge < -0.3 is 14.8 Å². The number of hydrogen-bond acceptors (Lipinski definition) is 5. The van der Waals surface area contributed by atoms with Crippen molar-refractivity contribution >= 4 is 28.2 Å². The monoisotopic (exact) mass is 366 g/mol. The van der Waals surface area contributed by atoms with Crippen molar-refractivity contribution < 1.29 is 9.32 Å². The molecule has 132 valence electrons. The summed E-state index contributed by atoms with van der Waals surface area (Å²) >= 11 is 1.65. The van der Waals surface area contributed by atoms with Crippen molar-refractivity contribution in [2.45, 2.75) is 19.8 Å². The number of carbonyl (C=O) groups is 1. The minimum atomic E-state index is -0.0705. The molecule has 1 aromatic carbocycles. The second kappa shape index (κ2) is 7.13. The number of amides is 1. The number of H-pyrrole nitrogens is 1. The van der Waals surface area contributed by atoms with Crippen LogP contribution in [0.1, 0.15) is 17.0 Å². The van der Waals surface area contributed by atoms with Crippen molar-refractivity contribution in [2.75, 3.05) is 6.54 Å². The molecule has 0 aliphatic heterocycles. The number of benzene rings is 1. The molecule has 3 heterocycles. The van der Waals surface area contributed by atoms with E-state index in [1.165, 1.54) is 0 Å². The quantitative estimate of drug-likeness (QED) is 0.547. The van der Waals surface area contributed by atoms with Crippen LogP contribution in [0.5, 0.6) is 0 Å². The fourth-order valence-corrected chi connectivity index (χ4v) is 3.66. The van der Waals surface area contributed by atoms with Crippen LogP contribution in [0.3, 0.4) is 0 Å². The summed E-state index contributed by atoms with van der Waals surface area (Å²) in [5, 5.41) is 9.90. The van der Waals surface area contributed by atoms with Crippen LogP contribution in [0.15, 0.2) is 46.6 Å². The molecule has 0 atom stereocenters. The standard InChI is InChI=1S/C19H18N4O2S/c1-12-4-5-16-13(9-12)15(23-25-16)10-18(24)20-7-6-14-19(22-11-21-14)17-3-2-8-26-17/h2-5,8-9,11H,6-7,10H2,1H3,(H,20,24)(H,21,22). The molecule has 0 aliphatic carbocycles. The van der Waals surface area contributed by atoms with Crippen molar-refractivity contribution in [3.05, 3.63) is 59.0 Å². The number of imidazole rings is 1. The number of nitrogens with zero attached hydrogens (tertiary/aromatic N) is 2. The Morgan fingerprint density at radius 2 is 2.27 bits per heavy atom. The average molecular weight is 366 g/mol. The third-order valence-corrected chi connectivity index (χ3v) is 5.07. The lowest BCUT2D eigenvalue weighted by Crippen LogP contribution is -2.27. The van der Waals surface area contributed by atoms with E-state index < -0.39 is 0 Å². The second-order valence-electron chi connectivity index (χ2n) is 6.11. The van der Waals surface area contributed by atoms with Gasteiger partial charge in [-0.3, -0.25) is 4.79 Å². The first kappa shape index (κ1) is 16.5. The van der Waals surface area contributed by atoms with Gasteiger partial charge in [-0.2, -0.15) is 0 Å². The van der Waals surface area contributed by atoms with Crippen molar-refractivity contribution in [1.82, 2.24) is 20.4 Å². The summed E-state index contributed by atoms with van der Waals surface area (Å²) in [6, 6.07) is 9.88. The molecule has 0 saturated carbocycles. The number of nitrogens with one attached hydrogen (secondary N) is 2. The number of carbonyl (C=O) groups excluding carboxylic acids is 1. The van der Waals surface area contributed by atoms with Crippen molar-refractivity contribution in [3.8, 4) is 10.6 Å². The van der Waals surface area contributed by atoms with Crippen molar-refractivity contribution in [2.24, 2.45) is 0 Å². The van der Waals surface area contributed by atoms with Crippen LogP contribution in [-0.4, -0.2) is 27.6 Å². The SMILES string of the molecule is Cc1ccc2onc(CC(=O)NCCc3[nH]cnc3-c3cccs3)c2c1. The Balaban J connectivity index is 1.36. The molecule has 0 bridgehead atoms. The van der Waals surface area contributed by atoms with Crippen LogP contribution < -0.4 is 5.32 Å². The average Bonchev–Trinajstić information content (AvgIpc) is 3.36. The lowest BCUT2D eigenvalue weighted by atomic mass is 10.1. The Morgan fingerprint density at radius 1 is 1.35 bits per heavy atom. The minimum Gasteiger partial charge on any atom is -0.356 e. The van der Waals surface area contributed by atoms with E-state index in [1.54, 1.807) is 17.7 Å². The Labute approximate surface area is 154 Å². The smallest absolute Gasteiger partial charge is 0.226 e. The van der Waals surface area contributed by atoms with E-state index in [2.05, 4.69) is 20.4 Å². The minimum absolute atomic E-state index is 0.0705. The van der Waals surface area contributed by atoms with E-state index in [1.807, 2.05) is 42.6 Å². The Bertz CT molecular complexity index is 1030. The maximum absolute atomic E-state index is 12.3. The van der Waals surface area contributed by atoms with Crippen molar-refractivity contribution in [3.63, 3.8) is 0 Å². The highest BCUT2D eigenvalue weighted by atomic mass is 32.1. The summed E-state index contributed by atoms with van der Waals surface area (Å²) in [6.07, 6.45) is 2.59. The number of aryl methyl sites for hydroxylation is 1. The van der Waals surface area contributed by atoms with Gasteiger partial charge in [-0.05, 0) is 30.5 Å². The number of aromatic amines is 1. The maximum Gasteiger partial charge on any atom is 0.226 e. The van der Waals surface area contributed by atoms with E-state index in [4.69, 9.17) is 4.52 Å². The Hall–Kier alpha value is -2.93. The van der Waals surface area contributed by atoms with E-state index in [0.29, 0.717) is 24.2 Å². The van der Waals surface area contributed by atoms with E-state index in [0.717, 1.165) is 27.2 Å². The molecule has 3 aromatic heterocycles. The summed E-state index contributed by atoms with van der Waals surface area (Å²) in [5.74, 6) is -0.0705. The molecule has 4 rings (SSSR count). The first-order valence-electron chi connectivity index (χ1n) is 8.38. The van der Waals surface area contributed by atoms with Gasteiger partial charge in [0.2, 0.25) is 5.91 Å². The van der Waals surface area contributed by atoms with E-state index in [-0.39, 0.29) is 12.3 Å². The van der Waals surface area contributed by atoms with E-state index >= 15 is 0 Å². The number of aromatic nitrogens is 3. The lowest BCUT2D eigenvalue weighted by molar-refractivity contribution is -0.120. The largest absolute Gasteiger partial charge is 0.356 e. The number of thiophene rings is 1. The molecule has 7 heteroatoms. The first-order valence-corrected chi connectivity index (χ1v) is 9.26. The van der Waals surface area contributed by atoms with Crippen LogP contribution >= 0.6 is 11.3 Å². The first-order chi connectivity index (χ1) is 12.7. The van der Waals surface area contributed by atoms with Gasteiger partial charge >= 0.3 is 0 Å². The summed E-state index contributed by atoms with van der Waals surface area (Å²) in [6.45, 7) is 2.54. The zero-order chi connectivity index (χ0) is 17.9. The molecule has 0 unspecified atom stereocenters. The third-order valence-electron chi connectivity index (χ3n) is 4.20. The molecule has 0 aliphatic rings. The second-order valence-corrected chi connectivity index (χ2v) is 7.06. The van der Waals surface area contributed by atoms with Gasteiger partial charge in [0.1, 0.15) is 11.4 Å². The molecule has 2 N–H and O–H groups in total. The van der Waals surface area contributed by atoms with Crippen LogP contribution in [0.25, 0.3) is 21.5 Å². The van der Waals surface area contributed by atoms with Gasteiger partial charge in [-0.15, -0.1) is 11.3 Å². The van der Waals surface area contributed by atoms with E-state index in [9.17, 15) is 4.79 Å². The maximum atomic E-state index is 12.3. The predicted octanol–water partition coefficient (Wildman–Crippen LogP) is 3.49. The number of rotatable bonds is 6. The molecule has 4 aromatic rings. The van der Waals surface area contributed by atoms with Gasteiger partial charge in [0.25, 0.3) is 0 Å². The molecule has 26 heavy (non-hydrogen) atoms. The Morgan fingerprint density at radius 3 is 3.12 bits per heavy atom. The molecule has 0 saturated heterocycles. The molecule has 0 radical (unpaired) electrons. The molecule has 0 spiro atoms. The van der Waals surface area contributed by atoms with Crippen LogP contribution in [-0.2, 0) is 17.6 Å². The lowest BCUT2D eigenvalue weighted by Gasteiger charge is -2.04. The van der Waals surface area contributed by atoms with Gasteiger partial charge in [0, 0.05) is 24.0 Å². The molecular formula is C19H18N4O2S. The zero-order valence-electron chi connectivity index (χ0n) is 14.3. The molecular weight excluding hydrogens is 348 g/mol. The highest BCUT2D eigenvalue weighted by molar-refractivity contribution is 7.13. The highest BCUT2D eigenvalue weighted by Gasteiger charge is 2.13. The topological polar surface area (TPSA) is 83.8 Å². The molecule has 0 fully saturated rings. The predicted molar refractivity (Wildman–Crippen MR) is 101 cm³/mol. The summed E-state index contributed by atoms with van der Waals surface area (Å²) in [7, 11) is 0. The normalized spacial score (nSPS) is 11.1. The van der Waals surface area contributed by atoms with Crippen LogP contribution in [0.2, 0.25) is 0 Å². The summed E-state index contributed by atoms with van der Waals surface area (Å²) < 4.78 is 5.28. The van der Waals surface area contributed by atoms with Crippen LogP contribution in [0, 0.1) is 6.92 Å². The number of fused-ring (bicyclic) bond motifs is 1. The van der Waals surface area contributed by atoms with Crippen LogP contribution in [0.4, 0.5) is 0 Å². The summed E-state index contributed by atoms with van der Waals surface area (Å²) in [4.78, 5) is 20.9. The number of hydrogen-bond donors (Lipinski definition) is 2. The fraction of sp³-hybridized carbons (Fsp3) is 0.211. The molecule has 1 amide bonds. The van der Waals surface area contributed by atoms with Gasteiger partial charge in [-0.25, -0.2) is 4.98 Å². The Kier molecular flexibility index (Phi) is 4.53. The van der Waals surface area contributed by atoms with Crippen molar-refractivity contribution in [1.29, 1.82) is 0 Å². The zero-order valence-corrected chi connectivity index (χ0v) is 15.1. The summed E-state index contributed by atoms with van der Waals surface area (Å²) in [5.41, 5.74) is 4.46. The molecule has 6 nitrogen and oxygen atoms in total. The fourth-order valence-electron chi connectivity index (χ4n) is 2.91. The van der Waals surface area contributed by atoms with Gasteiger partial charge in [0.05, 0.1) is 17.6 Å². The van der Waals surface area contributed by atoms with Gasteiger partial charge in [0.15, 0.2) is 5.58 Å². The van der Waals surface area contributed by atoms with Gasteiger partial charge in [-0.1, -0.05) is 22.9 Å².